The van der Waals surface area contributed by atoms with E-state index in [4.69, 9.17) is 14.2 Å². The van der Waals surface area contributed by atoms with Gasteiger partial charge in [-0.2, -0.15) is 0 Å². The number of carbonyl (C=O) groups excluding carboxylic acids is 5. The third-order valence-electron chi connectivity index (χ3n) is 6.81. The third-order valence-corrected chi connectivity index (χ3v) is 6.81. The first-order chi connectivity index (χ1) is 21.9. The molecule has 2 amide bonds. The lowest BCUT2D eigenvalue weighted by Gasteiger charge is -2.27. The normalized spacial score (nSPS) is 16.8. The number of amides is 2. The number of hydrogen-bond donors (Lipinski definition) is 3. The molecule has 0 aromatic rings. The van der Waals surface area contributed by atoms with Crippen LogP contribution in [-0.4, -0.2) is 100 Å². The first kappa shape index (κ1) is 43.8. The van der Waals surface area contributed by atoms with Gasteiger partial charge in [0.15, 0.2) is 6.04 Å². The Labute approximate surface area is 279 Å². The molecular formula is C32H59N3O12. The van der Waals surface area contributed by atoms with Crippen molar-refractivity contribution in [3.8, 4) is 0 Å². The van der Waals surface area contributed by atoms with E-state index in [0.717, 1.165) is 19.2 Å². The Morgan fingerprint density at radius 1 is 0.681 bits per heavy atom. The van der Waals surface area contributed by atoms with Gasteiger partial charge in [-0.1, -0.05) is 12.8 Å². The van der Waals surface area contributed by atoms with E-state index < -0.39 is 53.6 Å². The number of ether oxygens (including phenoxy) is 6. The molecule has 0 radical (unpaired) electrons. The van der Waals surface area contributed by atoms with E-state index in [-0.39, 0.29) is 13.2 Å². The van der Waals surface area contributed by atoms with Gasteiger partial charge in [0, 0.05) is 14.2 Å². The average molecular weight is 678 g/mol. The number of aliphatic carboxylic acids is 1. The lowest BCUT2D eigenvalue weighted by atomic mass is 9.91. The average Bonchev–Trinajstić information content (AvgIpc) is 2.96. The number of carboxylic acids is 1. The molecule has 4 N–H and O–H groups in total. The second-order valence-electron chi connectivity index (χ2n) is 13.5. The molecule has 0 aromatic carbocycles. The van der Waals surface area contributed by atoms with Crippen LogP contribution < -0.4 is 21.1 Å². The summed E-state index contributed by atoms with van der Waals surface area (Å²) in [6.07, 6.45) is 12.1. The minimum Gasteiger partial charge on any atom is -0.548 e. The van der Waals surface area contributed by atoms with E-state index in [1.54, 1.807) is 41.5 Å². The zero-order valence-electron chi connectivity index (χ0n) is 29.8. The highest BCUT2D eigenvalue weighted by atomic mass is 16.7. The summed E-state index contributed by atoms with van der Waals surface area (Å²) in [5.41, 5.74) is -1.39. The molecule has 0 saturated heterocycles. The van der Waals surface area contributed by atoms with Gasteiger partial charge in [0.2, 0.25) is 0 Å². The van der Waals surface area contributed by atoms with Gasteiger partial charge in [0.05, 0.1) is 44.4 Å². The summed E-state index contributed by atoms with van der Waals surface area (Å²) in [7, 11) is 3.71. The van der Waals surface area contributed by atoms with Crippen molar-refractivity contribution in [1.82, 2.24) is 10.6 Å². The summed E-state index contributed by atoms with van der Waals surface area (Å²) in [6, 6.07) is -0.377. The van der Waals surface area contributed by atoms with E-state index >= 15 is 0 Å². The first-order valence-electron chi connectivity index (χ1n) is 16.2. The maximum Gasteiger partial charge on any atom is 0.515 e. The highest BCUT2D eigenvalue weighted by molar-refractivity contribution is 5.88. The van der Waals surface area contributed by atoms with Crippen LogP contribution in [0.2, 0.25) is 0 Å². The molecule has 0 unspecified atom stereocenters. The molecule has 2 aliphatic rings. The fraction of sp³-hybridized carbons (Fsp3) is 0.844. The lowest BCUT2D eigenvalue weighted by Crippen LogP contribution is -2.95. The van der Waals surface area contributed by atoms with Crippen molar-refractivity contribution in [2.75, 3.05) is 34.5 Å². The van der Waals surface area contributed by atoms with Gasteiger partial charge in [-0.05, 0) is 92.9 Å². The predicted molar refractivity (Wildman–Crippen MR) is 169 cm³/mol. The molecule has 15 nitrogen and oxygen atoms in total. The molecule has 2 aliphatic carbocycles. The first-order valence-corrected chi connectivity index (χ1v) is 16.2. The number of carboxylic acid groups (broad SMARTS) is 1. The van der Waals surface area contributed by atoms with Crippen LogP contribution in [0.4, 0.5) is 14.4 Å². The van der Waals surface area contributed by atoms with Crippen molar-refractivity contribution in [3.05, 3.63) is 0 Å². The van der Waals surface area contributed by atoms with E-state index in [9.17, 15) is 29.1 Å². The maximum absolute atomic E-state index is 11.5. The van der Waals surface area contributed by atoms with Crippen molar-refractivity contribution in [2.24, 2.45) is 0 Å². The van der Waals surface area contributed by atoms with Gasteiger partial charge in [0.1, 0.15) is 11.2 Å². The second kappa shape index (κ2) is 23.2. The molecule has 0 aliphatic heterocycles. The monoisotopic (exact) mass is 677 g/mol. The van der Waals surface area contributed by atoms with Gasteiger partial charge >= 0.3 is 24.3 Å². The summed E-state index contributed by atoms with van der Waals surface area (Å²) in [4.78, 5) is 55.5. The number of rotatable bonds is 10. The SMILES string of the molecule is C1CCC([NH2+]C2CCCCC2)CC1.COC[C@H](NC(=O)OC(C)(C)C)C(=O)OC(=O)OC.COC[C@H](NC(=O)OC(C)(C)C)C(=O)[O-]. The minimum absolute atomic E-state index is 0.165. The Morgan fingerprint density at radius 3 is 1.40 bits per heavy atom. The fourth-order valence-corrected chi connectivity index (χ4v) is 4.80. The molecule has 0 aromatic heterocycles. The Hall–Kier alpha value is -3.17. The van der Waals surface area contributed by atoms with Crippen molar-refractivity contribution in [2.45, 2.75) is 141 Å². The summed E-state index contributed by atoms with van der Waals surface area (Å²) in [6.45, 7) is 9.71. The maximum atomic E-state index is 11.5. The largest absolute Gasteiger partial charge is 0.548 e. The van der Waals surface area contributed by atoms with Gasteiger partial charge in [-0.3, -0.25) is 0 Å². The van der Waals surface area contributed by atoms with E-state index in [2.05, 4.69) is 30.2 Å². The number of esters is 1. The van der Waals surface area contributed by atoms with E-state index in [0.29, 0.717) is 0 Å². The quantitative estimate of drug-likeness (QED) is 0.173. The predicted octanol–water partition coefficient (Wildman–Crippen LogP) is 2.33. The van der Waals surface area contributed by atoms with Crippen molar-refractivity contribution < 1.29 is 62.8 Å². The third kappa shape index (κ3) is 23.8. The van der Waals surface area contributed by atoms with E-state index in [1.807, 2.05) is 0 Å². The molecule has 2 fully saturated rings. The van der Waals surface area contributed by atoms with E-state index in [1.165, 1.54) is 78.4 Å². The smallest absolute Gasteiger partial charge is 0.515 e. The molecular weight excluding hydrogens is 618 g/mol. The van der Waals surface area contributed by atoms with Crippen molar-refractivity contribution in [3.63, 3.8) is 0 Å². The number of quaternary nitrogens is 1. The standard InChI is InChI=1S/C12H23N.C11H19NO7.C9H17NO5/c1-3-7-11(8-4-1)13-12-9-5-2-6-10-12;1-11(2,3)19-9(14)12-7(6-16-4)8(13)18-10(15)17-5;1-9(2,3)15-8(13)10-6(5-14-4)7(11)12/h11-13H,1-10H2;7H,6H2,1-5H3,(H,12,14);6H,5H2,1-4H3,(H,10,13)(H,11,12)/t;7-;6-/m.00/s1. The van der Waals surface area contributed by atoms with Crippen molar-refractivity contribution >= 4 is 30.3 Å². The van der Waals surface area contributed by atoms with Crippen LogP contribution in [0.15, 0.2) is 0 Å². The van der Waals surface area contributed by atoms with Crippen LogP contribution in [0.5, 0.6) is 0 Å². The van der Waals surface area contributed by atoms with Crippen molar-refractivity contribution in [1.29, 1.82) is 0 Å². The Kier molecular flexibility index (Phi) is 21.6. The van der Waals surface area contributed by atoms with Crippen LogP contribution in [-0.2, 0) is 38.0 Å². The zero-order chi connectivity index (χ0) is 36.0. The summed E-state index contributed by atoms with van der Waals surface area (Å²) >= 11 is 0. The minimum atomic E-state index is -1.41. The summed E-state index contributed by atoms with van der Waals surface area (Å²) in [5, 5.41) is 17.6. The van der Waals surface area contributed by atoms with Crippen LogP contribution in [0.25, 0.3) is 0 Å². The summed E-state index contributed by atoms with van der Waals surface area (Å²) < 4.78 is 27.7. The Bertz CT molecular complexity index is 921. The molecule has 0 bridgehead atoms. The molecule has 2 saturated carbocycles. The van der Waals surface area contributed by atoms with Crippen LogP contribution in [0.1, 0.15) is 106 Å². The molecule has 15 heteroatoms. The fourth-order valence-electron chi connectivity index (χ4n) is 4.80. The van der Waals surface area contributed by atoms with Gasteiger partial charge < -0.3 is 54.3 Å². The highest BCUT2D eigenvalue weighted by Gasteiger charge is 2.28. The van der Waals surface area contributed by atoms with Gasteiger partial charge in [-0.25, -0.2) is 19.2 Å². The van der Waals surface area contributed by atoms with Gasteiger partial charge in [0.25, 0.3) is 0 Å². The zero-order valence-corrected chi connectivity index (χ0v) is 29.8. The molecule has 274 valence electrons. The summed E-state index contributed by atoms with van der Waals surface area (Å²) in [5.74, 6) is -2.41. The topological polar surface area (TPSA) is 204 Å². The number of nitrogens with one attached hydrogen (secondary N) is 2. The number of nitrogens with two attached hydrogens (primary N) is 1. The molecule has 47 heavy (non-hydrogen) atoms. The second-order valence-corrected chi connectivity index (χ2v) is 13.5. The van der Waals surface area contributed by atoms with Crippen LogP contribution >= 0.6 is 0 Å². The van der Waals surface area contributed by atoms with Crippen LogP contribution in [0, 0.1) is 0 Å². The van der Waals surface area contributed by atoms with Crippen LogP contribution in [0.3, 0.4) is 0 Å². The number of methoxy groups -OCH3 is 3. The Balaban J connectivity index is 0.000000686. The molecule has 2 atom stereocenters. The van der Waals surface area contributed by atoms with Gasteiger partial charge in [-0.15, -0.1) is 0 Å². The highest BCUT2D eigenvalue weighted by Crippen LogP contribution is 2.18. The Morgan fingerprint density at radius 2 is 1.06 bits per heavy atom. The number of hydrogen-bond acceptors (Lipinski definition) is 12. The number of alkyl carbamates (subject to hydrolysis) is 2. The molecule has 2 rings (SSSR count). The molecule has 0 heterocycles. The lowest BCUT2D eigenvalue weighted by molar-refractivity contribution is -0.725. The molecule has 0 spiro atoms. The number of carbonyl (C=O) groups is 5.